The number of likely N-dealkylation sites (N-methyl/N-ethyl adjacent to an activating group) is 1. The van der Waals surface area contributed by atoms with E-state index in [2.05, 4.69) is 40.7 Å². The maximum absolute atomic E-state index is 6.03. The fourth-order valence-electron chi connectivity index (χ4n) is 3.43. The van der Waals surface area contributed by atoms with E-state index in [9.17, 15) is 0 Å². The van der Waals surface area contributed by atoms with Crippen molar-refractivity contribution < 1.29 is 4.74 Å². The molecule has 2 aliphatic rings. The lowest BCUT2D eigenvalue weighted by Gasteiger charge is -2.36. The first kappa shape index (κ1) is 13.6. The van der Waals surface area contributed by atoms with Crippen LogP contribution in [-0.4, -0.2) is 56.2 Å². The van der Waals surface area contributed by atoms with Gasteiger partial charge in [-0.2, -0.15) is 11.3 Å². The molecule has 0 unspecified atom stereocenters. The van der Waals surface area contributed by atoms with Crippen LogP contribution < -0.4 is 0 Å². The lowest BCUT2D eigenvalue weighted by molar-refractivity contribution is 0.0543. The highest BCUT2D eigenvalue weighted by molar-refractivity contribution is 7.07. The van der Waals surface area contributed by atoms with Gasteiger partial charge in [-0.15, -0.1) is 0 Å². The van der Waals surface area contributed by atoms with Gasteiger partial charge in [0.05, 0.1) is 12.7 Å². The minimum atomic E-state index is 0.435. The van der Waals surface area contributed by atoms with E-state index in [-0.39, 0.29) is 0 Å². The van der Waals surface area contributed by atoms with Crippen molar-refractivity contribution in [2.45, 2.75) is 19.1 Å². The van der Waals surface area contributed by atoms with Crippen LogP contribution in [0.2, 0.25) is 0 Å². The smallest absolute Gasteiger partial charge is 0.0745 e. The maximum atomic E-state index is 6.03. The number of likely N-dealkylation sites (tertiary alicyclic amines) is 1. The Morgan fingerprint density at radius 3 is 3.11 bits per heavy atom. The molecule has 3 atom stereocenters. The lowest BCUT2D eigenvalue weighted by atomic mass is 9.84. The number of fused-ring (bicyclic) bond motifs is 1. The van der Waals surface area contributed by atoms with Crippen LogP contribution in [0, 0.1) is 11.8 Å². The molecular formula is C15H24N2OS. The van der Waals surface area contributed by atoms with Crippen LogP contribution in [0.25, 0.3) is 0 Å². The molecule has 2 saturated heterocycles. The van der Waals surface area contributed by atoms with Crippen molar-refractivity contribution in [3.8, 4) is 0 Å². The van der Waals surface area contributed by atoms with E-state index in [1.165, 1.54) is 25.1 Å². The molecule has 0 bridgehead atoms. The third-order valence-electron chi connectivity index (χ3n) is 4.42. The SMILES string of the molecule is CN(C)C[C@H]1OC[C@@H]2CCN(Cc3ccsc3)C[C@@H]21. The molecule has 106 valence electrons. The molecule has 3 nitrogen and oxygen atoms in total. The van der Waals surface area contributed by atoms with Crippen molar-refractivity contribution in [3.05, 3.63) is 22.4 Å². The van der Waals surface area contributed by atoms with Crippen LogP contribution in [0.3, 0.4) is 0 Å². The average molecular weight is 280 g/mol. The molecule has 3 heterocycles. The molecule has 0 aromatic carbocycles. The normalized spacial score (nSPS) is 31.8. The van der Waals surface area contributed by atoms with E-state index in [0.29, 0.717) is 6.10 Å². The summed E-state index contributed by atoms with van der Waals surface area (Å²) in [7, 11) is 4.28. The fraction of sp³-hybridized carbons (Fsp3) is 0.733. The van der Waals surface area contributed by atoms with Gasteiger partial charge in [-0.3, -0.25) is 4.90 Å². The van der Waals surface area contributed by atoms with E-state index in [0.717, 1.165) is 31.5 Å². The molecule has 19 heavy (non-hydrogen) atoms. The molecule has 4 heteroatoms. The Labute approximate surface area is 120 Å². The van der Waals surface area contributed by atoms with Crippen molar-refractivity contribution in [1.82, 2.24) is 9.80 Å². The predicted octanol–water partition coefficient (Wildman–Crippen LogP) is 2.15. The van der Waals surface area contributed by atoms with Crippen molar-refractivity contribution >= 4 is 11.3 Å². The van der Waals surface area contributed by atoms with Gasteiger partial charge in [0.1, 0.15) is 0 Å². The summed E-state index contributed by atoms with van der Waals surface area (Å²) in [5, 5.41) is 4.45. The Bertz CT molecular complexity index is 393. The van der Waals surface area contributed by atoms with Crippen LogP contribution in [0.1, 0.15) is 12.0 Å². The highest BCUT2D eigenvalue weighted by Crippen LogP contribution is 2.34. The Morgan fingerprint density at radius 1 is 1.47 bits per heavy atom. The molecule has 0 N–H and O–H groups in total. The summed E-state index contributed by atoms with van der Waals surface area (Å²) >= 11 is 1.80. The number of thiophene rings is 1. The number of rotatable bonds is 4. The van der Waals surface area contributed by atoms with E-state index >= 15 is 0 Å². The van der Waals surface area contributed by atoms with Gasteiger partial charge in [0, 0.05) is 25.6 Å². The minimum Gasteiger partial charge on any atom is -0.376 e. The van der Waals surface area contributed by atoms with Gasteiger partial charge in [0.15, 0.2) is 0 Å². The summed E-state index contributed by atoms with van der Waals surface area (Å²) in [5.74, 6) is 1.53. The van der Waals surface area contributed by atoms with Crippen molar-refractivity contribution in [2.24, 2.45) is 11.8 Å². The molecule has 1 aromatic rings. The fourth-order valence-corrected chi connectivity index (χ4v) is 4.09. The minimum absolute atomic E-state index is 0.435. The molecule has 0 radical (unpaired) electrons. The summed E-state index contributed by atoms with van der Waals surface area (Å²) < 4.78 is 6.03. The Kier molecular flexibility index (Phi) is 4.22. The first-order valence-corrected chi connectivity index (χ1v) is 8.16. The zero-order valence-electron chi connectivity index (χ0n) is 11.9. The first-order valence-electron chi connectivity index (χ1n) is 7.22. The van der Waals surface area contributed by atoms with E-state index in [1.807, 2.05) is 0 Å². The zero-order valence-corrected chi connectivity index (χ0v) is 12.7. The Balaban J connectivity index is 1.59. The van der Waals surface area contributed by atoms with E-state index in [4.69, 9.17) is 4.74 Å². The Hall–Kier alpha value is -0.420. The van der Waals surface area contributed by atoms with Crippen molar-refractivity contribution in [3.63, 3.8) is 0 Å². The molecule has 3 rings (SSSR count). The van der Waals surface area contributed by atoms with E-state index in [1.54, 1.807) is 11.3 Å². The first-order chi connectivity index (χ1) is 9.22. The second-order valence-electron chi connectivity index (χ2n) is 6.21. The summed E-state index contributed by atoms with van der Waals surface area (Å²) in [5.41, 5.74) is 1.46. The molecule has 0 aliphatic carbocycles. The second-order valence-corrected chi connectivity index (χ2v) is 6.99. The Morgan fingerprint density at radius 2 is 2.37 bits per heavy atom. The summed E-state index contributed by atoms with van der Waals surface area (Å²) in [4.78, 5) is 4.87. The summed E-state index contributed by atoms with van der Waals surface area (Å²) in [6.45, 7) is 5.60. The van der Waals surface area contributed by atoms with Crippen LogP contribution in [0.4, 0.5) is 0 Å². The van der Waals surface area contributed by atoms with Gasteiger partial charge in [-0.05, 0) is 55.4 Å². The molecule has 2 fully saturated rings. The largest absolute Gasteiger partial charge is 0.376 e. The molecule has 0 spiro atoms. The predicted molar refractivity (Wildman–Crippen MR) is 79.5 cm³/mol. The van der Waals surface area contributed by atoms with Gasteiger partial charge < -0.3 is 9.64 Å². The quantitative estimate of drug-likeness (QED) is 0.840. The van der Waals surface area contributed by atoms with Crippen molar-refractivity contribution in [1.29, 1.82) is 0 Å². The lowest BCUT2D eigenvalue weighted by Crippen LogP contribution is -2.44. The number of ether oxygens (including phenoxy) is 1. The highest BCUT2D eigenvalue weighted by Gasteiger charge is 2.40. The molecular weight excluding hydrogens is 256 g/mol. The van der Waals surface area contributed by atoms with Gasteiger partial charge >= 0.3 is 0 Å². The maximum Gasteiger partial charge on any atom is 0.0745 e. The zero-order chi connectivity index (χ0) is 13.2. The van der Waals surface area contributed by atoms with Crippen LogP contribution in [0.5, 0.6) is 0 Å². The topological polar surface area (TPSA) is 15.7 Å². The van der Waals surface area contributed by atoms with Gasteiger partial charge in [-0.25, -0.2) is 0 Å². The average Bonchev–Trinajstić information content (AvgIpc) is 3.00. The second kappa shape index (κ2) is 5.92. The van der Waals surface area contributed by atoms with Gasteiger partial charge in [0.2, 0.25) is 0 Å². The van der Waals surface area contributed by atoms with Gasteiger partial charge in [0.25, 0.3) is 0 Å². The molecule has 0 amide bonds. The monoisotopic (exact) mass is 280 g/mol. The third-order valence-corrected chi connectivity index (χ3v) is 5.16. The van der Waals surface area contributed by atoms with Gasteiger partial charge in [-0.1, -0.05) is 0 Å². The van der Waals surface area contributed by atoms with Crippen LogP contribution >= 0.6 is 11.3 Å². The summed E-state index contributed by atoms with van der Waals surface area (Å²) in [6, 6.07) is 2.25. The molecule has 2 aliphatic heterocycles. The standard InChI is InChI=1S/C15H24N2OS/c1-16(2)9-15-14-8-17(5-3-13(14)10-18-15)7-12-4-6-19-11-12/h4,6,11,13-15H,3,5,7-10H2,1-2H3/t13-,14-,15+/m0/s1. The molecule has 0 saturated carbocycles. The molecule has 1 aromatic heterocycles. The number of hydrogen-bond donors (Lipinski definition) is 0. The number of piperidine rings is 1. The highest BCUT2D eigenvalue weighted by atomic mass is 32.1. The third kappa shape index (κ3) is 3.19. The number of hydrogen-bond acceptors (Lipinski definition) is 4. The summed E-state index contributed by atoms with van der Waals surface area (Å²) in [6.07, 6.45) is 1.74. The van der Waals surface area contributed by atoms with Crippen LogP contribution in [-0.2, 0) is 11.3 Å². The number of nitrogens with zero attached hydrogens (tertiary/aromatic N) is 2. The van der Waals surface area contributed by atoms with Crippen molar-refractivity contribution in [2.75, 3.05) is 40.3 Å². The van der Waals surface area contributed by atoms with E-state index < -0.39 is 0 Å². The van der Waals surface area contributed by atoms with Crippen LogP contribution in [0.15, 0.2) is 16.8 Å².